The third-order valence-corrected chi connectivity index (χ3v) is 20.7. The topological polar surface area (TPSA) is 3.24 Å². The average molecular weight is 742 g/mol. The summed E-state index contributed by atoms with van der Waals surface area (Å²) in [5.74, 6) is 0. The first kappa shape index (κ1) is 32.0. The Bertz CT molecular complexity index is 3010. The van der Waals surface area contributed by atoms with Crippen molar-refractivity contribution in [2.75, 3.05) is 4.90 Å². The molecule has 9 aromatic rings. The van der Waals surface area contributed by atoms with Gasteiger partial charge in [0.1, 0.15) is 16.1 Å². The Morgan fingerprint density at radius 3 is 2.04 bits per heavy atom. The standard InChI is InChI=1S/C50H39NSSi2/c1-53(2)46-29-28-40-38-14-7-9-18-44(38)52-49(40)48(46)42-27-26-37(31-47(42)53)51(43-17-11-16-41-39-15-8-10-19-45(39)54(3,4)50(41)43)36-24-22-33(23-25-36)35-21-20-32-12-5-6-13-34(32)30-35/h5-31H,1-4H3. The Kier molecular flexibility index (Phi) is 6.80. The summed E-state index contributed by atoms with van der Waals surface area (Å²) >= 11 is 1.96. The molecule has 3 heterocycles. The van der Waals surface area contributed by atoms with E-state index in [0.717, 1.165) is 0 Å². The van der Waals surface area contributed by atoms with E-state index in [4.69, 9.17) is 0 Å². The van der Waals surface area contributed by atoms with Gasteiger partial charge in [-0.2, -0.15) is 0 Å². The van der Waals surface area contributed by atoms with Crippen molar-refractivity contribution >= 4 is 96.2 Å². The number of benzene rings is 8. The van der Waals surface area contributed by atoms with Gasteiger partial charge in [0, 0.05) is 37.2 Å². The highest BCUT2D eigenvalue weighted by Crippen LogP contribution is 2.45. The molecular formula is C50H39NSSi2. The molecule has 0 fully saturated rings. The summed E-state index contributed by atoms with van der Waals surface area (Å²) in [6.07, 6.45) is 0. The molecule has 1 aromatic heterocycles. The fourth-order valence-electron chi connectivity index (χ4n) is 9.73. The highest BCUT2D eigenvalue weighted by molar-refractivity contribution is 7.26. The fraction of sp³-hybridized carbons (Fsp3) is 0.0800. The minimum absolute atomic E-state index is 1.19. The molecule has 0 saturated heterocycles. The van der Waals surface area contributed by atoms with Crippen LogP contribution < -0.4 is 25.6 Å². The molecule has 0 atom stereocenters. The number of thiophene rings is 1. The highest BCUT2D eigenvalue weighted by Gasteiger charge is 2.42. The lowest BCUT2D eigenvalue weighted by molar-refractivity contribution is 1.30. The average Bonchev–Trinajstić information content (AvgIpc) is 3.78. The van der Waals surface area contributed by atoms with Crippen molar-refractivity contribution in [3.05, 3.63) is 164 Å². The molecule has 54 heavy (non-hydrogen) atoms. The van der Waals surface area contributed by atoms with E-state index < -0.39 is 16.1 Å². The third-order valence-electron chi connectivity index (χ3n) is 12.4. The summed E-state index contributed by atoms with van der Waals surface area (Å²) in [6.45, 7) is 10.2. The first-order valence-electron chi connectivity index (χ1n) is 19.0. The Morgan fingerprint density at radius 1 is 0.444 bits per heavy atom. The number of anilines is 3. The molecule has 4 heteroatoms. The van der Waals surface area contributed by atoms with Gasteiger partial charge in [-0.1, -0.05) is 148 Å². The second kappa shape index (κ2) is 11.5. The van der Waals surface area contributed by atoms with Gasteiger partial charge in [-0.3, -0.25) is 0 Å². The van der Waals surface area contributed by atoms with Crippen molar-refractivity contribution in [1.82, 2.24) is 0 Å². The van der Waals surface area contributed by atoms with E-state index in [1.807, 2.05) is 11.3 Å². The zero-order valence-electron chi connectivity index (χ0n) is 30.9. The van der Waals surface area contributed by atoms with Crippen LogP contribution in [0.4, 0.5) is 17.1 Å². The van der Waals surface area contributed by atoms with Crippen molar-refractivity contribution in [3.8, 4) is 33.4 Å². The van der Waals surface area contributed by atoms with E-state index in [-0.39, 0.29) is 0 Å². The van der Waals surface area contributed by atoms with Gasteiger partial charge in [0.15, 0.2) is 0 Å². The maximum atomic E-state index is 2.58. The molecule has 0 N–H and O–H groups in total. The molecule has 0 spiro atoms. The zero-order chi connectivity index (χ0) is 36.3. The van der Waals surface area contributed by atoms with Crippen LogP contribution in [0.3, 0.4) is 0 Å². The van der Waals surface area contributed by atoms with Crippen LogP contribution in [0.5, 0.6) is 0 Å². The van der Waals surface area contributed by atoms with Crippen LogP contribution in [0.25, 0.3) is 64.3 Å². The summed E-state index contributed by atoms with van der Waals surface area (Å²) in [4.78, 5) is 2.58. The lowest BCUT2D eigenvalue weighted by atomic mass is 10.00. The van der Waals surface area contributed by atoms with E-state index >= 15 is 0 Å². The molecule has 0 aliphatic carbocycles. The Hall–Kier alpha value is -5.53. The van der Waals surface area contributed by atoms with Crippen LogP contribution in [-0.2, 0) is 0 Å². The SMILES string of the molecule is C[Si]1(C)c2cc(N(c3ccc(-c4ccc5ccccc5c4)cc3)c3cccc4c3[Si](C)(C)c3ccccc3-4)ccc2-c2c1ccc1c2sc2ccccc21. The second-order valence-corrected chi connectivity index (χ2v) is 25.8. The van der Waals surface area contributed by atoms with Crippen LogP contribution >= 0.6 is 11.3 Å². The summed E-state index contributed by atoms with van der Waals surface area (Å²) in [5.41, 5.74) is 11.9. The number of hydrogen-bond acceptors (Lipinski definition) is 2. The number of rotatable bonds is 4. The van der Waals surface area contributed by atoms with E-state index in [1.54, 1.807) is 5.19 Å². The number of fused-ring (bicyclic) bond motifs is 11. The summed E-state index contributed by atoms with van der Waals surface area (Å²) in [7, 11) is -4.04. The van der Waals surface area contributed by atoms with Gasteiger partial charge in [0.2, 0.25) is 0 Å². The van der Waals surface area contributed by atoms with E-state index in [2.05, 4.69) is 195 Å². The molecule has 0 amide bonds. The van der Waals surface area contributed by atoms with E-state index in [0.29, 0.717) is 0 Å². The molecule has 1 nitrogen and oxygen atoms in total. The lowest BCUT2D eigenvalue weighted by Gasteiger charge is -2.32. The van der Waals surface area contributed by atoms with Gasteiger partial charge in [0.05, 0.1) is 0 Å². The Balaban J connectivity index is 1.11. The highest BCUT2D eigenvalue weighted by atomic mass is 32.1. The summed E-state index contributed by atoms with van der Waals surface area (Å²) in [5, 5.41) is 11.4. The Labute approximate surface area is 322 Å². The third kappa shape index (κ3) is 4.48. The molecule has 0 saturated carbocycles. The van der Waals surface area contributed by atoms with Crippen LogP contribution in [0, 0.1) is 0 Å². The van der Waals surface area contributed by atoms with Gasteiger partial charge in [0.25, 0.3) is 0 Å². The summed E-state index contributed by atoms with van der Waals surface area (Å²) < 4.78 is 2.81. The smallest absolute Gasteiger partial charge is 0.116 e. The van der Waals surface area contributed by atoms with E-state index in [1.165, 1.54) is 96.9 Å². The van der Waals surface area contributed by atoms with Crippen molar-refractivity contribution in [2.24, 2.45) is 0 Å². The van der Waals surface area contributed by atoms with Crippen molar-refractivity contribution < 1.29 is 0 Å². The molecule has 0 unspecified atom stereocenters. The van der Waals surface area contributed by atoms with Crippen molar-refractivity contribution in [3.63, 3.8) is 0 Å². The maximum Gasteiger partial charge on any atom is 0.116 e. The maximum absolute atomic E-state index is 2.58. The molecule has 258 valence electrons. The first-order chi connectivity index (χ1) is 26.3. The van der Waals surface area contributed by atoms with Gasteiger partial charge >= 0.3 is 0 Å². The molecule has 8 aromatic carbocycles. The molecular weight excluding hydrogens is 703 g/mol. The van der Waals surface area contributed by atoms with Crippen molar-refractivity contribution in [2.45, 2.75) is 26.2 Å². The fourth-order valence-corrected chi connectivity index (χ4v) is 17.6. The van der Waals surface area contributed by atoms with Gasteiger partial charge in [-0.25, -0.2) is 0 Å². The minimum atomic E-state index is -2.02. The van der Waals surface area contributed by atoms with Crippen LogP contribution in [-0.4, -0.2) is 16.1 Å². The predicted molar refractivity (Wildman–Crippen MR) is 241 cm³/mol. The zero-order valence-corrected chi connectivity index (χ0v) is 33.8. The second-order valence-electron chi connectivity index (χ2n) is 16.1. The molecule has 2 aliphatic rings. The minimum Gasteiger partial charge on any atom is -0.311 e. The van der Waals surface area contributed by atoms with E-state index in [9.17, 15) is 0 Å². The van der Waals surface area contributed by atoms with Crippen molar-refractivity contribution in [1.29, 1.82) is 0 Å². The molecule has 2 aliphatic heterocycles. The largest absolute Gasteiger partial charge is 0.311 e. The molecule has 0 radical (unpaired) electrons. The molecule has 11 rings (SSSR count). The normalized spacial score (nSPS) is 14.6. The first-order valence-corrected chi connectivity index (χ1v) is 25.8. The predicted octanol–water partition coefficient (Wildman–Crippen LogP) is 12.0. The quantitative estimate of drug-likeness (QED) is 0.162. The van der Waals surface area contributed by atoms with Crippen LogP contribution in [0.2, 0.25) is 26.2 Å². The van der Waals surface area contributed by atoms with Crippen LogP contribution in [0.1, 0.15) is 0 Å². The van der Waals surface area contributed by atoms with Gasteiger partial charge < -0.3 is 4.90 Å². The van der Waals surface area contributed by atoms with Crippen LogP contribution in [0.15, 0.2) is 164 Å². The number of hydrogen-bond donors (Lipinski definition) is 0. The lowest BCUT2D eigenvalue weighted by Crippen LogP contribution is -2.51. The molecule has 0 bridgehead atoms. The van der Waals surface area contributed by atoms with Gasteiger partial charge in [-0.05, 0) is 107 Å². The number of nitrogens with zero attached hydrogens (tertiary/aromatic N) is 1. The van der Waals surface area contributed by atoms with Gasteiger partial charge in [-0.15, -0.1) is 11.3 Å². The Morgan fingerprint density at radius 2 is 1.17 bits per heavy atom. The monoisotopic (exact) mass is 741 g/mol. The summed E-state index contributed by atoms with van der Waals surface area (Å²) in [6, 6.07) is 62.1.